The Balaban J connectivity index is 1.87. The van der Waals surface area contributed by atoms with E-state index in [-0.39, 0.29) is 0 Å². The molecule has 0 unspecified atom stereocenters. The standard InChI is InChI=1S/C22H25N3O2/c1-3-27-20-10-5-4-9-19(20)25-22-18(8-6-7-15-23-22)21(24-25)16-11-13-17(26-2)14-12-16/h4-5,9-14,23H,3,6-8,15H2,1-2H3. The molecule has 0 saturated carbocycles. The highest BCUT2D eigenvalue weighted by Gasteiger charge is 2.23. The summed E-state index contributed by atoms with van der Waals surface area (Å²) < 4.78 is 13.2. The highest BCUT2D eigenvalue weighted by molar-refractivity contribution is 5.72. The number of hydrogen-bond donors (Lipinski definition) is 1. The Morgan fingerprint density at radius 3 is 2.67 bits per heavy atom. The van der Waals surface area contributed by atoms with E-state index < -0.39 is 0 Å². The number of benzene rings is 2. The normalized spacial score (nSPS) is 13.4. The summed E-state index contributed by atoms with van der Waals surface area (Å²) in [4.78, 5) is 0. The molecule has 2 heterocycles. The van der Waals surface area contributed by atoms with Gasteiger partial charge in [0, 0.05) is 17.7 Å². The van der Waals surface area contributed by atoms with E-state index in [1.165, 1.54) is 5.56 Å². The number of methoxy groups -OCH3 is 1. The maximum Gasteiger partial charge on any atom is 0.145 e. The van der Waals surface area contributed by atoms with Gasteiger partial charge in [-0.25, -0.2) is 4.68 Å². The van der Waals surface area contributed by atoms with Gasteiger partial charge in [-0.2, -0.15) is 5.10 Å². The summed E-state index contributed by atoms with van der Waals surface area (Å²) in [5, 5.41) is 8.60. The monoisotopic (exact) mass is 363 g/mol. The van der Waals surface area contributed by atoms with Crippen molar-refractivity contribution < 1.29 is 9.47 Å². The third kappa shape index (κ3) is 3.37. The lowest BCUT2D eigenvalue weighted by atomic mass is 10.0. The fraction of sp³-hybridized carbons (Fsp3) is 0.318. The molecule has 1 aliphatic heterocycles. The molecule has 0 amide bonds. The van der Waals surface area contributed by atoms with Gasteiger partial charge in [-0.3, -0.25) is 0 Å². The second-order valence-electron chi connectivity index (χ2n) is 6.60. The van der Waals surface area contributed by atoms with Gasteiger partial charge in [0.2, 0.25) is 0 Å². The lowest BCUT2D eigenvalue weighted by molar-refractivity contribution is 0.338. The first-order valence-electron chi connectivity index (χ1n) is 9.54. The minimum absolute atomic E-state index is 0.624. The van der Waals surface area contributed by atoms with Gasteiger partial charge >= 0.3 is 0 Å². The summed E-state index contributed by atoms with van der Waals surface area (Å²) in [6.07, 6.45) is 3.33. The molecule has 2 aromatic carbocycles. The molecule has 0 fully saturated rings. The van der Waals surface area contributed by atoms with E-state index in [1.54, 1.807) is 7.11 Å². The number of hydrogen-bond acceptors (Lipinski definition) is 4. The first kappa shape index (κ1) is 17.5. The van der Waals surface area contributed by atoms with Crippen LogP contribution in [-0.4, -0.2) is 30.0 Å². The van der Waals surface area contributed by atoms with Crippen LogP contribution in [0.3, 0.4) is 0 Å². The first-order valence-corrected chi connectivity index (χ1v) is 9.54. The SMILES string of the molecule is CCOc1ccccc1-n1nc(-c2ccc(OC)cc2)c2c1NCCCC2. The van der Waals surface area contributed by atoms with Crippen LogP contribution in [0.25, 0.3) is 16.9 Å². The van der Waals surface area contributed by atoms with E-state index in [0.717, 1.165) is 60.1 Å². The molecule has 140 valence electrons. The van der Waals surface area contributed by atoms with Crippen molar-refractivity contribution in [3.05, 3.63) is 54.1 Å². The van der Waals surface area contributed by atoms with Crippen LogP contribution in [0.2, 0.25) is 0 Å². The zero-order valence-electron chi connectivity index (χ0n) is 15.9. The van der Waals surface area contributed by atoms with Gasteiger partial charge in [0.05, 0.1) is 19.4 Å². The highest BCUT2D eigenvalue weighted by Crippen LogP contribution is 2.36. The van der Waals surface area contributed by atoms with Crippen molar-refractivity contribution in [3.63, 3.8) is 0 Å². The van der Waals surface area contributed by atoms with Gasteiger partial charge in [-0.05, 0) is 62.6 Å². The fourth-order valence-electron chi connectivity index (χ4n) is 3.57. The predicted molar refractivity (Wildman–Crippen MR) is 108 cm³/mol. The van der Waals surface area contributed by atoms with Crippen molar-refractivity contribution in [2.24, 2.45) is 0 Å². The summed E-state index contributed by atoms with van der Waals surface area (Å²) in [6.45, 7) is 3.58. The molecule has 27 heavy (non-hydrogen) atoms. The summed E-state index contributed by atoms with van der Waals surface area (Å²) in [7, 11) is 1.68. The first-order chi connectivity index (χ1) is 13.3. The third-order valence-electron chi connectivity index (χ3n) is 4.89. The number of aromatic nitrogens is 2. The van der Waals surface area contributed by atoms with Crippen LogP contribution in [0, 0.1) is 0 Å². The molecule has 0 aliphatic carbocycles. The van der Waals surface area contributed by atoms with Crippen LogP contribution < -0.4 is 14.8 Å². The molecular weight excluding hydrogens is 338 g/mol. The molecule has 1 aliphatic rings. The minimum atomic E-state index is 0.624. The molecule has 5 nitrogen and oxygen atoms in total. The van der Waals surface area contributed by atoms with Gasteiger partial charge in [-0.1, -0.05) is 12.1 Å². The third-order valence-corrected chi connectivity index (χ3v) is 4.89. The summed E-state index contributed by atoms with van der Waals surface area (Å²) in [5.74, 6) is 2.77. The number of anilines is 1. The molecule has 3 aromatic rings. The van der Waals surface area contributed by atoms with Crippen molar-refractivity contribution in [2.45, 2.75) is 26.2 Å². The molecule has 0 bridgehead atoms. The molecular formula is C22H25N3O2. The van der Waals surface area contributed by atoms with E-state index in [9.17, 15) is 0 Å². The fourth-order valence-corrected chi connectivity index (χ4v) is 3.57. The van der Waals surface area contributed by atoms with Crippen LogP contribution in [0.5, 0.6) is 11.5 Å². The lowest BCUT2D eigenvalue weighted by Gasteiger charge is -2.13. The number of ether oxygens (including phenoxy) is 2. The van der Waals surface area contributed by atoms with Gasteiger partial charge in [-0.15, -0.1) is 0 Å². The number of rotatable bonds is 5. The van der Waals surface area contributed by atoms with Gasteiger partial charge in [0.15, 0.2) is 0 Å². The van der Waals surface area contributed by atoms with Crippen molar-refractivity contribution in [1.82, 2.24) is 9.78 Å². The van der Waals surface area contributed by atoms with E-state index in [0.29, 0.717) is 6.61 Å². The Morgan fingerprint density at radius 1 is 1.07 bits per heavy atom. The molecule has 0 spiro atoms. The van der Waals surface area contributed by atoms with E-state index in [1.807, 2.05) is 41.9 Å². The van der Waals surface area contributed by atoms with Crippen molar-refractivity contribution in [1.29, 1.82) is 0 Å². The number of nitrogens with one attached hydrogen (secondary N) is 1. The molecule has 1 aromatic heterocycles. The summed E-state index contributed by atoms with van der Waals surface area (Å²) in [5.41, 5.74) is 4.35. The Hall–Kier alpha value is -2.95. The smallest absolute Gasteiger partial charge is 0.145 e. The lowest BCUT2D eigenvalue weighted by Crippen LogP contribution is -2.08. The second-order valence-corrected chi connectivity index (χ2v) is 6.60. The largest absolute Gasteiger partial charge is 0.497 e. The van der Waals surface area contributed by atoms with E-state index in [4.69, 9.17) is 14.6 Å². The van der Waals surface area contributed by atoms with Crippen LogP contribution in [0.1, 0.15) is 25.3 Å². The second kappa shape index (κ2) is 7.74. The summed E-state index contributed by atoms with van der Waals surface area (Å²) in [6, 6.07) is 16.2. The Kier molecular flexibility index (Phi) is 5.01. The van der Waals surface area contributed by atoms with Crippen molar-refractivity contribution in [2.75, 3.05) is 25.6 Å². The van der Waals surface area contributed by atoms with Crippen molar-refractivity contribution >= 4 is 5.82 Å². The van der Waals surface area contributed by atoms with Crippen molar-refractivity contribution in [3.8, 4) is 28.4 Å². The maximum absolute atomic E-state index is 5.85. The average Bonchev–Trinajstić information content (AvgIpc) is 2.89. The van der Waals surface area contributed by atoms with E-state index in [2.05, 4.69) is 23.5 Å². The van der Waals surface area contributed by atoms with E-state index >= 15 is 0 Å². The zero-order valence-corrected chi connectivity index (χ0v) is 15.9. The summed E-state index contributed by atoms with van der Waals surface area (Å²) >= 11 is 0. The predicted octanol–water partition coefficient (Wildman–Crippen LogP) is 4.69. The molecule has 4 rings (SSSR count). The Morgan fingerprint density at radius 2 is 1.89 bits per heavy atom. The van der Waals surface area contributed by atoms with Crippen LogP contribution in [0.15, 0.2) is 48.5 Å². The maximum atomic E-state index is 5.85. The van der Waals surface area contributed by atoms with Gasteiger partial charge < -0.3 is 14.8 Å². The van der Waals surface area contributed by atoms with Crippen LogP contribution in [0.4, 0.5) is 5.82 Å². The van der Waals surface area contributed by atoms with Gasteiger partial charge in [0.1, 0.15) is 23.0 Å². The zero-order chi connectivity index (χ0) is 18.6. The molecule has 1 N–H and O–H groups in total. The molecule has 5 heteroatoms. The number of nitrogens with zero attached hydrogens (tertiary/aromatic N) is 2. The van der Waals surface area contributed by atoms with Gasteiger partial charge in [0.25, 0.3) is 0 Å². The molecule has 0 radical (unpaired) electrons. The highest BCUT2D eigenvalue weighted by atomic mass is 16.5. The number of fused-ring (bicyclic) bond motifs is 1. The van der Waals surface area contributed by atoms with Crippen LogP contribution >= 0.6 is 0 Å². The quantitative estimate of drug-likeness (QED) is 0.714. The Labute approximate surface area is 159 Å². The molecule has 0 atom stereocenters. The molecule has 0 saturated heterocycles. The van der Waals surface area contributed by atoms with Crippen LogP contribution in [-0.2, 0) is 6.42 Å². The topological polar surface area (TPSA) is 48.3 Å². The average molecular weight is 363 g/mol. The Bertz CT molecular complexity index is 916. The number of para-hydroxylation sites is 2. The minimum Gasteiger partial charge on any atom is -0.497 e.